The van der Waals surface area contributed by atoms with Crippen LogP contribution in [-0.4, -0.2) is 82.5 Å². The van der Waals surface area contributed by atoms with Crippen molar-refractivity contribution in [3.63, 3.8) is 0 Å². The van der Waals surface area contributed by atoms with E-state index in [2.05, 4.69) is 30.6 Å². The molecule has 1 fully saturated rings. The molecule has 5 N–H and O–H groups in total. The molecule has 0 spiro atoms. The van der Waals surface area contributed by atoms with Crippen LogP contribution in [0.1, 0.15) is 6.23 Å². The minimum absolute atomic E-state index is 0.246. The number of benzene rings is 1. The fourth-order valence-electron chi connectivity index (χ4n) is 4.37. The minimum atomic E-state index is -1.26. The van der Waals surface area contributed by atoms with Gasteiger partial charge in [0.1, 0.15) is 42.7 Å². The predicted molar refractivity (Wildman–Crippen MR) is 132 cm³/mol. The first-order chi connectivity index (χ1) is 18.4. The van der Waals surface area contributed by atoms with E-state index in [0.717, 1.165) is 0 Å². The summed E-state index contributed by atoms with van der Waals surface area (Å²) in [6.45, 7) is 0.166. The van der Waals surface area contributed by atoms with E-state index in [1.165, 1.54) is 21.8 Å². The predicted octanol–water partition coefficient (Wildman–Crippen LogP) is -0.128. The van der Waals surface area contributed by atoms with Crippen LogP contribution in [0.15, 0.2) is 41.8 Å². The maximum Gasteiger partial charge on any atom is 0.349 e. The molecule has 0 aliphatic carbocycles. The number of aromatic nitrogens is 6. The van der Waals surface area contributed by atoms with Gasteiger partial charge >= 0.3 is 5.69 Å². The molecule has 6 rings (SSSR count). The molecule has 0 radical (unpaired) electrons. The average Bonchev–Trinajstić information content (AvgIpc) is 3.47. The van der Waals surface area contributed by atoms with Crippen molar-refractivity contribution >= 4 is 28.5 Å². The number of nitrogens with zero attached hydrogens (tertiary/aromatic N) is 6. The average molecular weight is 524 g/mol. The SMILES string of the molecule is Cn1cc2c(nc1=O)Nc1c(OCCNc3ncnc4c3ncn4[C@@H]3O[C@H](CO)[C@@H](O)[C@H]3O)cccc1O2. The highest BCUT2D eigenvalue weighted by Gasteiger charge is 2.44. The van der Waals surface area contributed by atoms with Crippen LogP contribution in [0.2, 0.25) is 0 Å². The lowest BCUT2D eigenvalue weighted by molar-refractivity contribution is -0.0511. The van der Waals surface area contributed by atoms with Crippen LogP contribution in [0, 0.1) is 0 Å². The molecule has 38 heavy (non-hydrogen) atoms. The third kappa shape index (κ3) is 4.06. The second-order valence-corrected chi connectivity index (χ2v) is 8.75. The second-order valence-electron chi connectivity index (χ2n) is 8.75. The molecule has 3 aromatic heterocycles. The van der Waals surface area contributed by atoms with Crippen molar-refractivity contribution in [2.75, 3.05) is 30.4 Å². The first-order valence-corrected chi connectivity index (χ1v) is 11.8. The standard InChI is InChI=1S/C23H24N8O7/c1-30-7-13-19(29-23(30)35)28-15-11(3-2-4-12(15)37-13)36-6-5-24-20-16-21(26-9-25-20)31(10-27-16)22-18(34)17(33)14(8-32)38-22/h2-4,7,9-10,14,17-18,22,32-34H,5-6,8H2,1H3,(H,24,25,26)(H,28,29,35)/t14-,17-,18-,22-/m1/s1. The number of rotatable bonds is 7. The molecular weight excluding hydrogens is 500 g/mol. The molecule has 0 bridgehead atoms. The van der Waals surface area contributed by atoms with Gasteiger partial charge in [0, 0.05) is 7.05 Å². The van der Waals surface area contributed by atoms with Crippen LogP contribution >= 0.6 is 0 Å². The van der Waals surface area contributed by atoms with E-state index >= 15 is 0 Å². The number of aryl methyl sites for hydroxylation is 1. The van der Waals surface area contributed by atoms with Crippen molar-refractivity contribution in [2.45, 2.75) is 24.5 Å². The Morgan fingerprint density at radius 1 is 1.18 bits per heavy atom. The zero-order valence-electron chi connectivity index (χ0n) is 20.1. The van der Waals surface area contributed by atoms with Gasteiger partial charge in [-0.3, -0.25) is 9.13 Å². The third-order valence-electron chi connectivity index (χ3n) is 6.31. The van der Waals surface area contributed by atoms with E-state index in [1.807, 2.05) is 0 Å². The molecule has 1 saturated heterocycles. The van der Waals surface area contributed by atoms with Gasteiger partial charge in [0.05, 0.1) is 25.7 Å². The molecule has 15 heteroatoms. The molecule has 2 aliphatic rings. The Hall–Kier alpha value is -4.31. The summed E-state index contributed by atoms with van der Waals surface area (Å²) in [5.41, 5.74) is 0.959. The quantitative estimate of drug-likeness (QED) is 0.177. The lowest BCUT2D eigenvalue weighted by Crippen LogP contribution is -2.33. The summed E-state index contributed by atoms with van der Waals surface area (Å²) in [6, 6.07) is 5.34. The number of fused-ring (bicyclic) bond motifs is 3. The minimum Gasteiger partial charge on any atom is -0.489 e. The highest BCUT2D eigenvalue weighted by molar-refractivity contribution is 5.82. The maximum absolute atomic E-state index is 11.9. The number of aliphatic hydroxyl groups excluding tert-OH is 3. The summed E-state index contributed by atoms with van der Waals surface area (Å²) in [7, 11) is 1.60. The van der Waals surface area contributed by atoms with Gasteiger partial charge in [0.25, 0.3) is 0 Å². The molecule has 4 atom stereocenters. The highest BCUT2D eigenvalue weighted by atomic mass is 16.6. The normalized spacial score (nSPS) is 21.9. The molecule has 2 aliphatic heterocycles. The van der Waals surface area contributed by atoms with Crippen molar-refractivity contribution in [1.29, 1.82) is 0 Å². The van der Waals surface area contributed by atoms with Gasteiger partial charge in [0.15, 0.2) is 40.5 Å². The molecule has 15 nitrogen and oxygen atoms in total. The molecule has 198 valence electrons. The van der Waals surface area contributed by atoms with Crippen LogP contribution in [0.25, 0.3) is 11.2 Å². The summed E-state index contributed by atoms with van der Waals surface area (Å²) in [4.78, 5) is 28.7. The van der Waals surface area contributed by atoms with Crippen LogP contribution in [0.3, 0.4) is 0 Å². The molecular formula is C23H24N8O7. The van der Waals surface area contributed by atoms with Crippen LogP contribution < -0.4 is 25.8 Å². The zero-order chi connectivity index (χ0) is 26.4. The van der Waals surface area contributed by atoms with Gasteiger partial charge in [-0.2, -0.15) is 4.98 Å². The number of hydrogen-bond acceptors (Lipinski definition) is 13. The van der Waals surface area contributed by atoms with Crippen molar-refractivity contribution in [2.24, 2.45) is 7.05 Å². The smallest absolute Gasteiger partial charge is 0.349 e. The molecule has 0 unspecified atom stereocenters. The number of nitrogens with one attached hydrogen (secondary N) is 2. The van der Waals surface area contributed by atoms with E-state index in [1.54, 1.807) is 31.4 Å². The number of para-hydroxylation sites is 1. The Morgan fingerprint density at radius 3 is 2.87 bits per heavy atom. The first-order valence-electron chi connectivity index (χ1n) is 11.8. The van der Waals surface area contributed by atoms with Gasteiger partial charge in [0.2, 0.25) is 0 Å². The summed E-state index contributed by atoms with van der Waals surface area (Å²) in [6.07, 6.45) is -0.0358. The molecule has 4 aromatic rings. The Labute approximate surface area is 214 Å². The van der Waals surface area contributed by atoms with E-state index in [0.29, 0.717) is 52.3 Å². The summed E-state index contributed by atoms with van der Waals surface area (Å²) >= 11 is 0. The van der Waals surface area contributed by atoms with Gasteiger partial charge < -0.3 is 40.2 Å². The third-order valence-corrected chi connectivity index (χ3v) is 6.31. The van der Waals surface area contributed by atoms with Crippen LogP contribution in [0.5, 0.6) is 17.2 Å². The topological polar surface area (TPSA) is 191 Å². The zero-order valence-corrected chi connectivity index (χ0v) is 20.1. The fourth-order valence-corrected chi connectivity index (χ4v) is 4.37. The van der Waals surface area contributed by atoms with Gasteiger partial charge in [-0.25, -0.2) is 19.7 Å². The van der Waals surface area contributed by atoms with Gasteiger partial charge in [-0.15, -0.1) is 0 Å². The Bertz CT molecular complexity index is 1560. The highest BCUT2D eigenvalue weighted by Crippen LogP contribution is 2.44. The monoisotopic (exact) mass is 524 g/mol. The summed E-state index contributed by atoms with van der Waals surface area (Å²) in [5.74, 6) is 2.23. The number of ether oxygens (including phenoxy) is 3. The van der Waals surface area contributed by atoms with Crippen molar-refractivity contribution < 1.29 is 29.5 Å². The van der Waals surface area contributed by atoms with E-state index in [9.17, 15) is 20.1 Å². The number of anilines is 3. The number of aliphatic hydroxyl groups is 3. The number of imidazole rings is 1. The molecule has 1 aromatic carbocycles. The molecule has 0 saturated carbocycles. The van der Waals surface area contributed by atoms with Crippen LogP contribution in [0.4, 0.5) is 17.3 Å². The van der Waals surface area contributed by atoms with Crippen LogP contribution in [-0.2, 0) is 11.8 Å². The van der Waals surface area contributed by atoms with E-state index in [4.69, 9.17) is 14.2 Å². The van der Waals surface area contributed by atoms with Gasteiger partial charge in [-0.05, 0) is 12.1 Å². The first kappa shape index (κ1) is 24.1. The maximum atomic E-state index is 11.9. The Morgan fingerprint density at radius 2 is 2.05 bits per heavy atom. The second kappa shape index (κ2) is 9.53. The molecule has 0 amide bonds. The van der Waals surface area contributed by atoms with Gasteiger partial charge in [-0.1, -0.05) is 6.07 Å². The molecule has 5 heterocycles. The lowest BCUT2D eigenvalue weighted by Gasteiger charge is -2.23. The Balaban J connectivity index is 1.14. The number of hydrogen-bond donors (Lipinski definition) is 5. The van der Waals surface area contributed by atoms with Crippen molar-refractivity contribution in [3.8, 4) is 17.2 Å². The summed E-state index contributed by atoms with van der Waals surface area (Å²) < 4.78 is 20.3. The summed E-state index contributed by atoms with van der Waals surface area (Å²) in [5, 5.41) is 36.1. The Kier molecular flexibility index (Phi) is 6.03. The van der Waals surface area contributed by atoms with Crippen molar-refractivity contribution in [1.82, 2.24) is 29.1 Å². The lowest BCUT2D eigenvalue weighted by atomic mass is 10.1. The van der Waals surface area contributed by atoms with E-state index < -0.39 is 36.8 Å². The largest absolute Gasteiger partial charge is 0.489 e. The van der Waals surface area contributed by atoms with Crippen molar-refractivity contribution in [3.05, 3.63) is 47.5 Å². The fraction of sp³-hybridized carbons (Fsp3) is 0.348. The van der Waals surface area contributed by atoms with E-state index in [-0.39, 0.29) is 6.61 Å².